The summed E-state index contributed by atoms with van der Waals surface area (Å²) >= 11 is 3.37. The number of amides is 3. The van der Waals surface area contributed by atoms with Gasteiger partial charge in [0.15, 0.2) is 5.82 Å². The van der Waals surface area contributed by atoms with Gasteiger partial charge in [-0.25, -0.2) is 9.78 Å². The van der Waals surface area contributed by atoms with Gasteiger partial charge in [-0.2, -0.15) is 27.1 Å². The summed E-state index contributed by atoms with van der Waals surface area (Å²) in [5, 5.41) is 7.93. The Morgan fingerprint density at radius 2 is 1.60 bits per heavy atom. The molecule has 1 fully saturated rings. The molecule has 0 aliphatic heterocycles. The smallest absolute Gasteiger partial charge is 0.444 e. The highest BCUT2D eigenvalue weighted by molar-refractivity contribution is 9.10. The van der Waals surface area contributed by atoms with Gasteiger partial charge in [0.25, 0.3) is 0 Å². The van der Waals surface area contributed by atoms with Crippen LogP contribution in [0.3, 0.4) is 0 Å². The van der Waals surface area contributed by atoms with E-state index in [4.69, 9.17) is 10.5 Å². The molecule has 0 saturated heterocycles. The van der Waals surface area contributed by atoms with Gasteiger partial charge in [0, 0.05) is 34.6 Å². The summed E-state index contributed by atoms with van der Waals surface area (Å²) in [5.74, 6) is -8.83. The molecule has 1 aliphatic carbocycles. The van der Waals surface area contributed by atoms with E-state index >= 15 is 0 Å². The topological polar surface area (TPSA) is 143 Å². The first kappa shape index (κ1) is 36.8. The monoisotopic (exact) mass is 742 g/mol. The first-order valence-corrected chi connectivity index (χ1v) is 16.0. The zero-order valence-corrected chi connectivity index (χ0v) is 28.0. The molecule has 1 aliphatic rings. The molecular weight excluding hydrogens is 707 g/mol. The van der Waals surface area contributed by atoms with Crippen LogP contribution in [0.5, 0.6) is 0 Å². The fraction of sp³-hybridized carbons (Fsp3) is 0.469. The van der Waals surface area contributed by atoms with Crippen molar-refractivity contribution < 1.29 is 41.1 Å². The number of ether oxygens (including phenoxy) is 1. The molecule has 4 N–H and O–H groups in total. The average Bonchev–Trinajstić information content (AvgIpc) is 3.51. The lowest BCUT2D eigenvalue weighted by Crippen LogP contribution is -2.52. The van der Waals surface area contributed by atoms with Crippen molar-refractivity contribution in [2.24, 2.45) is 17.6 Å². The molecule has 2 aromatic carbocycles. The van der Waals surface area contributed by atoms with Crippen LogP contribution in [0.15, 0.2) is 53.0 Å². The molecule has 1 heterocycles. The number of rotatable bonds is 10. The van der Waals surface area contributed by atoms with E-state index in [2.05, 4.69) is 36.4 Å². The number of aromatic amines is 1. The van der Waals surface area contributed by atoms with E-state index in [0.717, 1.165) is 10.0 Å². The van der Waals surface area contributed by atoms with E-state index in [1.165, 1.54) is 29.2 Å². The molecular formula is C32H36BrF5N6O4. The van der Waals surface area contributed by atoms with Gasteiger partial charge in [-0.3, -0.25) is 19.6 Å². The number of alkyl carbamates (subject to hydrolysis) is 1. The second kappa shape index (κ2) is 14.6. The molecule has 10 nitrogen and oxygen atoms in total. The number of carbonyl (C=O) groups excluding carboxylic acids is 3. The second-order valence-corrected chi connectivity index (χ2v) is 13.6. The Morgan fingerprint density at radius 3 is 2.15 bits per heavy atom. The number of halogens is 6. The Balaban J connectivity index is 1.57. The molecule has 0 unspecified atom stereocenters. The molecule has 3 amide bonds. The van der Waals surface area contributed by atoms with Crippen LogP contribution in [0.4, 0.5) is 32.4 Å². The first-order valence-electron chi connectivity index (χ1n) is 15.2. The molecule has 260 valence electrons. The van der Waals surface area contributed by atoms with E-state index in [1.54, 1.807) is 45.0 Å². The van der Waals surface area contributed by atoms with Gasteiger partial charge in [0.2, 0.25) is 17.6 Å². The van der Waals surface area contributed by atoms with E-state index in [1.807, 2.05) is 0 Å². The standard InChI is InChI=1S/C32H36BrF5N6O4/c1-30(2,3)48-29(47)40-17-19-4-8-21(9-5-19)27(46)44(24(25(39)45)16-18-6-12-22(33)13-7-18)23-14-10-20(11-15-23)26-41-28(43-42-26)31(34,35)32(36,37)38/h6-7,10-15,19,21,24H,4-5,8-9,16-17H2,1-3H3,(H2,39,45)(H,40,47)(H,41,42,43)/t19-,21-,24-/m0/s1. The lowest BCUT2D eigenvalue weighted by molar-refractivity contribution is -0.292. The lowest BCUT2D eigenvalue weighted by atomic mass is 9.81. The van der Waals surface area contributed by atoms with Crippen LogP contribution in [-0.4, -0.2) is 57.5 Å². The molecule has 0 radical (unpaired) electrons. The minimum Gasteiger partial charge on any atom is -0.444 e. The van der Waals surface area contributed by atoms with Crippen LogP contribution < -0.4 is 16.0 Å². The summed E-state index contributed by atoms with van der Waals surface area (Å²) in [5.41, 5.74) is 6.34. The molecule has 1 saturated carbocycles. The zero-order valence-electron chi connectivity index (χ0n) is 26.4. The van der Waals surface area contributed by atoms with Gasteiger partial charge in [-0.15, -0.1) is 0 Å². The summed E-state index contributed by atoms with van der Waals surface area (Å²) in [7, 11) is 0. The number of nitrogens with two attached hydrogens (primary N) is 1. The normalized spacial score (nSPS) is 17.8. The Labute approximate surface area is 282 Å². The maximum Gasteiger partial charge on any atom is 0.461 e. The van der Waals surface area contributed by atoms with Gasteiger partial charge in [-0.1, -0.05) is 28.1 Å². The fourth-order valence-electron chi connectivity index (χ4n) is 5.41. The maximum absolute atomic E-state index is 14.2. The van der Waals surface area contributed by atoms with Crippen molar-refractivity contribution in [1.29, 1.82) is 0 Å². The van der Waals surface area contributed by atoms with Gasteiger partial charge in [0.05, 0.1) is 0 Å². The molecule has 1 atom stereocenters. The van der Waals surface area contributed by atoms with Crippen molar-refractivity contribution in [1.82, 2.24) is 20.5 Å². The van der Waals surface area contributed by atoms with E-state index in [0.29, 0.717) is 32.2 Å². The molecule has 4 rings (SSSR count). The lowest BCUT2D eigenvalue weighted by Gasteiger charge is -2.36. The van der Waals surface area contributed by atoms with Crippen molar-refractivity contribution in [2.75, 3.05) is 11.4 Å². The summed E-state index contributed by atoms with van der Waals surface area (Å²) in [6.45, 7) is 5.68. The van der Waals surface area contributed by atoms with Crippen molar-refractivity contribution in [2.45, 2.75) is 76.6 Å². The number of anilines is 1. The van der Waals surface area contributed by atoms with E-state index < -0.39 is 47.5 Å². The first-order chi connectivity index (χ1) is 22.4. The highest BCUT2D eigenvalue weighted by Gasteiger charge is 2.61. The summed E-state index contributed by atoms with van der Waals surface area (Å²) in [6.07, 6.45) is -4.11. The van der Waals surface area contributed by atoms with Crippen molar-refractivity contribution in [3.05, 3.63) is 64.4 Å². The largest absolute Gasteiger partial charge is 0.461 e. The number of primary amides is 1. The van der Waals surface area contributed by atoms with Gasteiger partial charge >= 0.3 is 18.2 Å². The van der Waals surface area contributed by atoms with Crippen LogP contribution in [0.25, 0.3) is 11.4 Å². The third kappa shape index (κ3) is 9.08. The van der Waals surface area contributed by atoms with Gasteiger partial charge in [-0.05, 0) is 94.3 Å². The minimum atomic E-state index is -5.89. The van der Waals surface area contributed by atoms with Crippen molar-refractivity contribution in [3.8, 4) is 11.4 Å². The second-order valence-electron chi connectivity index (χ2n) is 12.7. The Hall–Kier alpha value is -4.08. The number of benzene rings is 2. The average molecular weight is 744 g/mol. The van der Waals surface area contributed by atoms with Gasteiger partial charge in [0.1, 0.15) is 11.6 Å². The number of H-pyrrole nitrogens is 1. The van der Waals surface area contributed by atoms with Crippen molar-refractivity contribution >= 4 is 39.5 Å². The van der Waals surface area contributed by atoms with Gasteiger partial charge < -0.3 is 15.8 Å². The zero-order chi connectivity index (χ0) is 35.4. The summed E-state index contributed by atoms with van der Waals surface area (Å²) in [6, 6.07) is 11.6. The summed E-state index contributed by atoms with van der Waals surface area (Å²) in [4.78, 5) is 43.9. The van der Waals surface area contributed by atoms with Crippen LogP contribution in [0, 0.1) is 11.8 Å². The predicted octanol–water partition coefficient (Wildman–Crippen LogP) is 6.65. The number of alkyl halides is 5. The minimum absolute atomic E-state index is 0.0866. The quantitative estimate of drug-likeness (QED) is 0.199. The van der Waals surface area contributed by atoms with E-state index in [-0.39, 0.29) is 35.3 Å². The highest BCUT2D eigenvalue weighted by atomic mass is 79.9. The van der Waals surface area contributed by atoms with Crippen LogP contribution in [0.2, 0.25) is 0 Å². The SMILES string of the molecule is CC(C)(C)OC(=O)NC[C@H]1CC[C@H](C(=O)N(c2ccc(-c3nc(C(F)(F)C(F)(F)F)n[nH]3)cc2)[C@@H](Cc2ccc(Br)cc2)C(N)=O)CC1. The number of nitrogens with one attached hydrogen (secondary N) is 2. The fourth-order valence-corrected chi connectivity index (χ4v) is 5.68. The number of hydrogen-bond donors (Lipinski definition) is 3. The highest BCUT2D eigenvalue weighted by Crippen LogP contribution is 2.42. The number of nitrogens with zero attached hydrogens (tertiary/aromatic N) is 3. The molecule has 16 heteroatoms. The molecule has 0 spiro atoms. The Bertz CT molecular complexity index is 1580. The molecule has 1 aromatic heterocycles. The number of carbonyl (C=O) groups is 3. The number of aromatic nitrogens is 3. The third-order valence-electron chi connectivity index (χ3n) is 7.89. The Kier molecular flexibility index (Phi) is 11.2. The Morgan fingerprint density at radius 1 is 1.00 bits per heavy atom. The molecule has 3 aromatic rings. The van der Waals surface area contributed by atoms with Crippen LogP contribution >= 0.6 is 15.9 Å². The van der Waals surface area contributed by atoms with Crippen molar-refractivity contribution in [3.63, 3.8) is 0 Å². The van der Waals surface area contributed by atoms with Crippen LogP contribution in [0.1, 0.15) is 57.8 Å². The third-order valence-corrected chi connectivity index (χ3v) is 8.42. The van der Waals surface area contributed by atoms with Crippen LogP contribution in [-0.2, 0) is 26.7 Å². The molecule has 48 heavy (non-hydrogen) atoms. The predicted molar refractivity (Wildman–Crippen MR) is 170 cm³/mol. The molecule has 0 bridgehead atoms. The number of hydrogen-bond acceptors (Lipinski definition) is 6. The maximum atomic E-state index is 14.2. The van der Waals surface area contributed by atoms with E-state index in [9.17, 15) is 36.3 Å². The summed E-state index contributed by atoms with van der Waals surface area (Å²) < 4.78 is 72.1.